The van der Waals surface area contributed by atoms with Crippen molar-refractivity contribution in [2.24, 2.45) is 5.73 Å². The number of nitrogens with zero attached hydrogens (tertiary/aromatic N) is 4. The maximum Gasteiger partial charge on any atom is 0.271 e. The van der Waals surface area contributed by atoms with Gasteiger partial charge in [0.2, 0.25) is 11.8 Å². The normalized spacial score (nSPS) is 10.6. The fourth-order valence-corrected chi connectivity index (χ4v) is 3.38. The van der Waals surface area contributed by atoms with Gasteiger partial charge in [-0.15, -0.1) is 0 Å². The number of rotatable bonds is 12. The van der Waals surface area contributed by atoms with Crippen molar-refractivity contribution in [3.05, 3.63) is 72.6 Å². The number of aromatic nitrogens is 2. The fourth-order valence-electron chi connectivity index (χ4n) is 3.38. The van der Waals surface area contributed by atoms with E-state index in [0.717, 1.165) is 18.8 Å². The van der Waals surface area contributed by atoms with E-state index in [2.05, 4.69) is 37.0 Å². The first-order valence-electron chi connectivity index (χ1n) is 11.8. The first-order chi connectivity index (χ1) is 17.7. The second-order valence-electron chi connectivity index (χ2n) is 8.61. The van der Waals surface area contributed by atoms with E-state index in [1.54, 1.807) is 24.3 Å². The smallest absolute Gasteiger partial charge is 0.271 e. The molecule has 37 heavy (non-hydrogen) atoms. The monoisotopic (exact) mass is 503 g/mol. The molecule has 0 saturated carbocycles. The lowest BCUT2D eigenvalue weighted by molar-refractivity contribution is -0.111. The van der Waals surface area contributed by atoms with E-state index in [1.807, 2.05) is 52.3 Å². The molecule has 194 valence electrons. The second kappa shape index (κ2) is 12.5. The van der Waals surface area contributed by atoms with Crippen LogP contribution in [0.2, 0.25) is 0 Å². The average molecular weight is 504 g/mol. The molecule has 0 fully saturated rings. The van der Waals surface area contributed by atoms with E-state index in [-0.39, 0.29) is 23.3 Å². The van der Waals surface area contributed by atoms with E-state index in [1.165, 1.54) is 6.08 Å². The van der Waals surface area contributed by atoms with Crippen molar-refractivity contribution in [1.29, 1.82) is 0 Å². The van der Waals surface area contributed by atoms with Gasteiger partial charge in [-0.25, -0.2) is 4.98 Å². The Hall–Kier alpha value is -4.44. The molecule has 0 aliphatic rings. The lowest BCUT2D eigenvalue weighted by Gasteiger charge is -2.22. The summed E-state index contributed by atoms with van der Waals surface area (Å²) in [5.41, 5.74) is 8.41. The molecule has 0 atom stereocenters. The van der Waals surface area contributed by atoms with Gasteiger partial charge < -0.3 is 30.9 Å². The van der Waals surface area contributed by atoms with E-state index >= 15 is 0 Å². The topological polar surface area (TPSA) is 126 Å². The summed E-state index contributed by atoms with van der Waals surface area (Å²) in [7, 11) is 6.11. The summed E-state index contributed by atoms with van der Waals surface area (Å²) in [6.45, 7) is 7.15. The molecule has 0 unspecified atom stereocenters. The standard InChI is InChI=1S/C27H33N7O3/c1-6-22-27(37-21-10-8-9-19(17-21)29-23(35)7-2)32-26(24(31-22)25(28)36)30-18-11-13-20(14-12-18)34(5)16-15-33(3)4/h7-14,17H,2,6,15-16H2,1,3-5H3,(H2,28,36)(H,29,35)(H,30,32). The highest BCUT2D eigenvalue weighted by Crippen LogP contribution is 2.29. The number of amides is 2. The van der Waals surface area contributed by atoms with Crippen LogP contribution in [0.4, 0.5) is 22.9 Å². The number of primary amides is 1. The highest BCUT2D eigenvalue weighted by molar-refractivity contribution is 5.99. The Morgan fingerprint density at radius 1 is 1.05 bits per heavy atom. The molecule has 0 saturated heterocycles. The van der Waals surface area contributed by atoms with Crippen LogP contribution in [-0.4, -0.2) is 60.9 Å². The summed E-state index contributed by atoms with van der Waals surface area (Å²) < 4.78 is 6.01. The maximum atomic E-state index is 12.2. The van der Waals surface area contributed by atoms with Crippen LogP contribution >= 0.6 is 0 Å². The fraction of sp³-hybridized carbons (Fsp3) is 0.259. The zero-order chi connectivity index (χ0) is 26.9. The van der Waals surface area contributed by atoms with Crippen molar-refractivity contribution >= 4 is 34.7 Å². The highest BCUT2D eigenvalue weighted by Gasteiger charge is 2.19. The molecule has 10 nitrogen and oxygen atoms in total. The number of hydrogen-bond acceptors (Lipinski definition) is 8. The van der Waals surface area contributed by atoms with Gasteiger partial charge in [-0.3, -0.25) is 9.59 Å². The number of hydrogen-bond donors (Lipinski definition) is 3. The summed E-state index contributed by atoms with van der Waals surface area (Å²) >= 11 is 0. The third kappa shape index (κ3) is 7.52. The molecule has 3 aromatic rings. The minimum Gasteiger partial charge on any atom is -0.437 e. The Kier molecular flexibility index (Phi) is 9.17. The molecule has 0 aliphatic carbocycles. The van der Waals surface area contributed by atoms with Crippen LogP contribution in [-0.2, 0) is 11.2 Å². The molecule has 10 heteroatoms. The van der Waals surface area contributed by atoms with Crippen LogP contribution in [0.15, 0.2) is 61.2 Å². The van der Waals surface area contributed by atoms with Gasteiger partial charge in [0.1, 0.15) is 11.4 Å². The van der Waals surface area contributed by atoms with Gasteiger partial charge >= 0.3 is 0 Å². The van der Waals surface area contributed by atoms with Gasteiger partial charge in [-0.1, -0.05) is 19.6 Å². The largest absolute Gasteiger partial charge is 0.437 e. The van der Waals surface area contributed by atoms with Crippen molar-refractivity contribution in [1.82, 2.24) is 14.9 Å². The van der Waals surface area contributed by atoms with E-state index in [9.17, 15) is 9.59 Å². The van der Waals surface area contributed by atoms with E-state index < -0.39 is 5.91 Å². The summed E-state index contributed by atoms with van der Waals surface area (Å²) in [6.07, 6.45) is 1.65. The number of nitrogens with two attached hydrogens (primary N) is 1. The predicted octanol–water partition coefficient (Wildman–Crippen LogP) is 3.80. The second-order valence-corrected chi connectivity index (χ2v) is 8.61. The minimum absolute atomic E-state index is 0.0170. The van der Waals surface area contributed by atoms with E-state index in [4.69, 9.17) is 10.5 Å². The van der Waals surface area contributed by atoms with Crippen molar-refractivity contribution in [3.63, 3.8) is 0 Å². The molecule has 2 amide bonds. The first-order valence-corrected chi connectivity index (χ1v) is 11.8. The van der Waals surface area contributed by atoms with E-state index in [0.29, 0.717) is 29.2 Å². The Balaban J connectivity index is 1.87. The van der Waals surface area contributed by atoms with Gasteiger partial charge in [0.05, 0.1) is 0 Å². The Bertz CT molecular complexity index is 1260. The molecule has 0 aliphatic heterocycles. The van der Waals surface area contributed by atoms with Crippen molar-refractivity contribution in [3.8, 4) is 11.6 Å². The number of carbonyl (C=O) groups excluding carboxylic acids is 2. The molecule has 4 N–H and O–H groups in total. The van der Waals surface area contributed by atoms with Crippen LogP contribution in [0.1, 0.15) is 23.1 Å². The first kappa shape index (κ1) is 27.2. The zero-order valence-electron chi connectivity index (χ0n) is 21.6. The number of aryl methyl sites for hydroxylation is 1. The number of nitrogens with one attached hydrogen (secondary N) is 2. The van der Waals surface area contributed by atoms with Crippen LogP contribution in [0.25, 0.3) is 0 Å². The average Bonchev–Trinajstić information content (AvgIpc) is 2.87. The number of carbonyl (C=O) groups is 2. The van der Waals surface area contributed by atoms with Crippen LogP contribution in [0.5, 0.6) is 11.6 Å². The molecule has 0 bridgehead atoms. The SMILES string of the molecule is C=CC(=O)Nc1cccc(Oc2nc(Nc3ccc(N(C)CCN(C)C)cc3)c(C(N)=O)nc2CC)c1. The molecule has 3 rings (SSSR count). The number of likely N-dealkylation sites (N-methyl/N-ethyl adjacent to an activating group) is 2. The number of ether oxygens (including phenoxy) is 1. The lowest BCUT2D eigenvalue weighted by atomic mass is 10.2. The molecular formula is C27H33N7O3. The third-order valence-electron chi connectivity index (χ3n) is 5.45. The molecule has 2 aromatic carbocycles. The Morgan fingerprint density at radius 2 is 1.78 bits per heavy atom. The number of anilines is 4. The van der Waals surface area contributed by atoms with Crippen LogP contribution < -0.4 is 26.0 Å². The quantitative estimate of drug-likeness (QED) is 0.319. The highest BCUT2D eigenvalue weighted by atomic mass is 16.5. The lowest BCUT2D eigenvalue weighted by Crippen LogP contribution is -2.28. The predicted molar refractivity (Wildman–Crippen MR) is 147 cm³/mol. The van der Waals surface area contributed by atoms with Crippen molar-refractivity contribution in [2.75, 3.05) is 49.8 Å². The summed E-state index contributed by atoms with van der Waals surface area (Å²) in [4.78, 5) is 37.1. The van der Waals surface area contributed by atoms with Gasteiger partial charge in [0.25, 0.3) is 5.91 Å². The Morgan fingerprint density at radius 3 is 2.41 bits per heavy atom. The zero-order valence-corrected chi connectivity index (χ0v) is 21.6. The maximum absolute atomic E-state index is 12.2. The van der Waals surface area contributed by atoms with Gasteiger partial charge in [0, 0.05) is 43.3 Å². The van der Waals surface area contributed by atoms with Crippen LogP contribution in [0, 0.1) is 0 Å². The molecule has 0 radical (unpaired) electrons. The van der Waals surface area contributed by atoms with Gasteiger partial charge in [0.15, 0.2) is 11.5 Å². The molecule has 1 heterocycles. The molecule has 1 aromatic heterocycles. The Labute approximate surface area is 217 Å². The van der Waals surface area contributed by atoms with Crippen LogP contribution in [0.3, 0.4) is 0 Å². The summed E-state index contributed by atoms with van der Waals surface area (Å²) in [5.74, 6) is -0.190. The summed E-state index contributed by atoms with van der Waals surface area (Å²) in [6, 6.07) is 14.6. The molecular weight excluding hydrogens is 470 g/mol. The summed E-state index contributed by atoms with van der Waals surface area (Å²) in [5, 5.41) is 5.83. The third-order valence-corrected chi connectivity index (χ3v) is 5.45. The number of benzene rings is 2. The minimum atomic E-state index is -0.703. The molecule has 0 spiro atoms. The van der Waals surface area contributed by atoms with Crippen molar-refractivity contribution < 1.29 is 14.3 Å². The van der Waals surface area contributed by atoms with Crippen molar-refractivity contribution in [2.45, 2.75) is 13.3 Å². The van der Waals surface area contributed by atoms with Gasteiger partial charge in [-0.05, 0) is 63.0 Å². The van der Waals surface area contributed by atoms with Gasteiger partial charge in [-0.2, -0.15) is 4.98 Å².